The lowest BCUT2D eigenvalue weighted by molar-refractivity contribution is -0.122. The second-order valence-electron chi connectivity index (χ2n) is 5.18. The molecule has 0 bridgehead atoms. The summed E-state index contributed by atoms with van der Waals surface area (Å²) >= 11 is 5.89. The molecule has 24 heavy (non-hydrogen) atoms. The summed E-state index contributed by atoms with van der Waals surface area (Å²) in [7, 11) is 0. The summed E-state index contributed by atoms with van der Waals surface area (Å²) in [5.74, 6) is 0.617. The van der Waals surface area contributed by atoms with Crippen molar-refractivity contribution in [3.63, 3.8) is 0 Å². The SMILES string of the molecule is C[C@H](Oc1ccc(F)cc1Cl)C(=O)Nc1ccc2c(c1)OCCO2. The molecule has 0 unspecified atom stereocenters. The second kappa shape index (κ2) is 6.97. The van der Waals surface area contributed by atoms with Crippen LogP contribution in [0.3, 0.4) is 0 Å². The predicted molar refractivity (Wildman–Crippen MR) is 87.6 cm³/mol. The molecule has 0 saturated carbocycles. The van der Waals surface area contributed by atoms with Gasteiger partial charge >= 0.3 is 0 Å². The van der Waals surface area contributed by atoms with E-state index >= 15 is 0 Å². The third-order valence-corrected chi connectivity index (χ3v) is 3.67. The van der Waals surface area contributed by atoms with Crippen molar-refractivity contribution >= 4 is 23.2 Å². The molecule has 0 spiro atoms. The van der Waals surface area contributed by atoms with Crippen LogP contribution in [0.25, 0.3) is 0 Å². The van der Waals surface area contributed by atoms with Gasteiger partial charge in [0.25, 0.3) is 5.91 Å². The van der Waals surface area contributed by atoms with Crippen molar-refractivity contribution in [2.24, 2.45) is 0 Å². The van der Waals surface area contributed by atoms with Crippen LogP contribution in [-0.2, 0) is 4.79 Å². The second-order valence-corrected chi connectivity index (χ2v) is 5.59. The third-order valence-electron chi connectivity index (χ3n) is 3.38. The van der Waals surface area contributed by atoms with Gasteiger partial charge in [0, 0.05) is 11.8 Å². The van der Waals surface area contributed by atoms with Crippen LogP contribution in [0.2, 0.25) is 5.02 Å². The Bertz CT molecular complexity index is 768. The lowest BCUT2D eigenvalue weighted by Crippen LogP contribution is -2.30. The van der Waals surface area contributed by atoms with E-state index in [1.165, 1.54) is 12.1 Å². The maximum Gasteiger partial charge on any atom is 0.265 e. The number of halogens is 2. The van der Waals surface area contributed by atoms with Crippen LogP contribution in [0.4, 0.5) is 10.1 Å². The van der Waals surface area contributed by atoms with Gasteiger partial charge in [-0.3, -0.25) is 4.79 Å². The van der Waals surface area contributed by atoms with Crippen molar-refractivity contribution in [1.29, 1.82) is 0 Å². The van der Waals surface area contributed by atoms with Crippen LogP contribution in [0, 0.1) is 5.82 Å². The smallest absolute Gasteiger partial charge is 0.265 e. The molecule has 1 aliphatic rings. The Morgan fingerprint density at radius 1 is 1.21 bits per heavy atom. The Morgan fingerprint density at radius 3 is 2.71 bits per heavy atom. The van der Waals surface area contributed by atoms with E-state index in [1.807, 2.05) is 0 Å². The number of ether oxygens (including phenoxy) is 3. The molecule has 1 heterocycles. The molecule has 0 aromatic heterocycles. The van der Waals surface area contributed by atoms with E-state index in [0.717, 1.165) is 6.07 Å². The largest absolute Gasteiger partial charge is 0.486 e. The highest BCUT2D eigenvalue weighted by Crippen LogP contribution is 2.32. The summed E-state index contributed by atoms with van der Waals surface area (Å²) in [4.78, 5) is 12.2. The third kappa shape index (κ3) is 3.71. The molecule has 126 valence electrons. The zero-order chi connectivity index (χ0) is 17.1. The molecule has 0 aliphatic carbocycles. The number of benzene rings is 2. The van der Waals surface area contributed by atoms with E-state index in [2.05, 4.69) is 5.32 Å². The van der Waals surface area contributed by atoms with Crippen LogP contribution >= 0.6 is 11.6 Å². The van der Waals surface area contributed by atoms with Gasteiger partial charge in [-0.2, -0.15) is 0 Å². The molecule has 1 aliphatic heterocycles. The van der Waals surface area contributed by atoms with Gasteiger partial charge in [0.2, 0.25) is 0 Å². The van der Waals surface area contributed by atoms with Crippen LogP contribution in [0.1, 0.15) is 6.92 Å². The summed E-state index contributed by atoms with van der Waals surface area (Å²) < 4.78 is 29.4. The fourth-order valence-electron chi connectivity index (χ4n) is 2.18. The van der Waals surface area contributed by atoms with Gasteiger partial charge in [0.15, 0.2) is 17.6 Å². The lowest BCUT2D eigenvalue weighted by Gasteiger charge is -2.20. The summed E-state index contributed by atoms with van der Waals surface area (Å²) in [6, 6.07) is 8.85. The standard InChI is InChI=1S/C17H15ClFNO4/c1-10(24-14-4-2-11(19)8-13(14)18)17(21)20-12-3-5-15-16(9-12)23-7-6-22-15/h2-5,8-10H,6-7H2,1H3,(H,20,21)/t10-/m0/s1. The number of carbonyl (C=O) groups excluding carboxylic acids is 1. The van der Waals surface area contributed by atoms with Gasteiger partial charge in [0.1, 0.15) is 24.8 Å². The van der Waals surface area contributed by atoms with Crippen LogP contribution in [-0.4, -0.2) is 25.2 Å². The molecular formula is C17H15ClFNO4. The highest BCUT2D eigenvalue weighted by molar-refractivity contribution is 6.32. The van der Waals surface area contributed by atoms with E-state index in [4.69, 9.17) is 25.8 Å². The maximum absolute atomic E-state index is 13.0. The van der Waals surface area contributed by atoms with Gasteiger partial charge < -0.3 is 19.5 Å². The van der Waals surface area contributed by atoms with E-state index in [9.17, 15) is 9.18 Å². The molecule has 7 heteroatoms. The number of carbonyl (C=O) groups is 1. The van der Waals surface area contributed by atoms with Crippen molar-refractivity contribution in [2.75, 3.05) is 18.5 Å². The van der Waals surface area contributed by atoms with Crippen LogP contribution in [0.15, 0.2) is 36.4 Å². The molecular weight excluding hydrogens is 337 g/mol. The van der Waals surface area contributed by atoms with Crippen molar-refractivity contribution in [3.05, 3.63) is 47.2 Å². The molecule has 2 aromatic carbocycles. The minimum atomic E-state index is -0.818. The number of nitrogens with one attached hydrogen (secondary N) is 1. The Labute approximate surface area is 143 Å². The van der Waals surface area contributed by atoms with Gasteiger partial charge in [-0.25, -0.2) is 4.39 Å². The minimum Gasteiger partial charge on any atom is -0.486 e. The molecule has 2 aromatic rings. The van der Waals surface area contributed by atoms with E-state index in [1.54, 1.807) is 25.1 Å². The fraction of sp³-hybridized carbons (Fsp3) is 0.235. The minimum absolute atomic E-state index is 0.106. The molecule has 5 nitrogen and oxygen atoms in total. The molecule has 1 amide bonds. The first-order valence-corrected chi connectivity index (χ1v) is 7.73. The van der Waals surface area contributed by atoms with Crippen molar-refractivity contribution < 1.29 is 23.4 Å². The fourth-order valence-corrected chi connectivity index (χ4v) is 2.39. The lowest BCUT2D eigenvalue weighted by atomic mass is 10.2. The Hall–Kier alpha value is -2.47. The first-order chi connectivity index (χ1) is 11.5. The summed E-state index contributed by atoms with van der Waals surface area (Å²) in [6.07, 6.45) is -0.818. The zero-order valence-corrected chi connectivity index (χ0v) is 13.6. The van der Waals surface area contributed by atoms with Crippen LogP contribution < -0.4 is 19.5 Å². The van der Waals surface area contributed by atoms with Crippen LogP contribution in [0.5, 0.6) is 17.2 Å². The number of hydrogen-bond donors (Lipinski definition) is 1. The zero-order valence-electron chi connectivity index (χ0n) is 12.8. The van der Waals surface area contributed by atoms with Gasteiger partial charge in [-0.1, -0.05) is 11.6 Å². The number of rotatable bonds is 4. The summed E-state index contributed by atoms with van der Waals surface area (Å²) in [5, 5.41) is 2.83. The Morgan fingerprint density at radius 2 is 1.96 bits per heavy atom. The molecule has 1 N–H and O–H groups in total. The summed E-state index contributed by atoms with van der Waals surface area (Å²) in [6.45, 7) is 2.54. The summed E-state index contributed by atoms with van der Waals surface area (Å²) in [5.41, 5.74) is 0.560. The van der Waals surface area contributed by atoms with Crippen molar-refractivity contribution in [3.8, 4) is 17.2 Å². The van der Waals surface area contributed by atoms with E-state index in [-0.39, 0.29) is 16.7 Å². The van der Waals surface area contributed by atoms with Gasteiger partial charge in [0.05, 0.1) is 5.02 Å². The van der Waals surface area contributed by atoms with E-state index < -0.39 is 11.9 Å². The topological polar surface area (TPSA) is 56.8 Å². The van der Waals surface area contributed by atoms with Gasteiger partial charge in [-0.15, -0.1) is 0 Å². The average Bonchev–Trinajstić information content (AvgIpc) is 2.57. The molecule has 0 fully saturated rings. The van der Waals surface area contributed by atoms with E-state index in [0.29, 0.717) is 30.4 Å². The molecule has 0 saturated heterocycles. The predicted octanol–water partition coefficient (Wildman–Crippen LogP) is 3.66. The first-order valence-electron chi connectivity index (χ1n) is 7.35. The Balaban J connectivity index is 1.65. The maximum atomic E-state index is 13.0. The number of anilines is 1. The molecule has 1 atom stereocenters. The first kappa shape index (κ1) is 16.4. The number of fused-ring (bicyclic) bond motifs is 1. The average molecular weight is 352 g/mol. The normalized spacial score (nSPS) is 14.0. The molecule has 3 rings (SSSR count). The monoisotopic (exact) mass is 351 g/mol. The molecule has 0 radical (unpaired) electrons. The van der Waals surface area contributed by atoms with Crippen molar-refractivity contribution in [1.82, 2.24) is 0 Å². The highest BCUT2D eigenvalue weighted by atomic mass is 35.5. The quantitative estimate of drug-likeness (QED) is 0.913. The van der Waals surface area contributed by atoms with Gasteiger partial charge in [-0.05, 0) is 37.3 Å². The Kier molecular flexibility index (Phi) is 4.76. The van der Waals surface area contributed by atoms with Crippen molar-refractivity contribution in [2.45, 2.75) is 13.0 Å². The highest BCUT2D eigenvalue weighted by Gasteiger charge is 2.18. The number of amides is 1. The number of hydrogen-bond acceptors (Lipinski definition) is 4.